The van der Waals surface area contributed by atoms with Crippen molar-refractivity contribution in [3.05, 3.63) is 35.4 Å². The van der Waals surface area contributed by atoms with Crippen molar-refractivity contribution in [3.8, 4) is 0 Å². The minimum atomic E-state index is -0.215. The molecule has 2 nitrogen and oxygen atoms in total. The van der Waals surface area contributed by atoms with Crippen LogP contribution in [-0.2, 0) is 16.0 Å². The molecule has 0 aromatic heterocycles. The van der Waals surface area contributed by atoms with Crippen LogP contribution in [0.25, 0.3) is 0 Å². The molecule has 86 valence electrons. The number of methoxy groups -OCH3 is 1. The Balaban J connectivity index is 1.96. The molecule has 0 amide bonds. The van der Waals surface area contributed by atoms with E-state index in [2.05, 4.69) is 18.2 Å². The highest BCUT2D eigenvalue weighted by molar-refractivity contribution is 5.84. The van der Waals surface area contributed by atoms with Crippen LogP contribution >= 0.6 is 0 Å². The molecule has 2 atom stereocenters. The number of carbonyl (C=O) groups is 1. The van der Waals surface area contributed by atoms with Gasteiger partial charge in [0.15, 0.2) is 5.78 Å². The predicted octanol–water partition coefficient (Wildman–Crippen LogP) is 2.71. The topological polar surface area (TPSA) is 26.3 Å². The van der Waals surface area contributed by atoms with Crippen LogP contribution in [0.4, 0.5) is 0 Å². The summed E-state index contributed by atoms with van der Waals surface area (Å²) >= 11 is 0. The second-order valence-corrected chi connectivity index (χ2v) is 4.40. The molecule has 1 aromatic carbocycles. The van der Waals surface area contributed by atoms with Crippen molar-refractivity contribution in [2.75, 3.05) is 7.11 Å². The van der Waals surface area contributed by atoms with E-state index in [9.17, 15) is 4.79 Å². The lowest BCUT2D eigenvalue weighted by molar-refractivity contribution is -0.129. The Kier molecular flexibility index (Phi) is 3.39. The molecule has 0 heterocycles. The van der Waals surface area contributed by atoms with Crippen LogP contribution in [0.15, 0.2) is 24.3 Å². The summed E-state index contributed by atoms with van der Waals surface area (Å²) in [6.45, 7) is 1.99. The minimum Gasteiger partial charge on any atom is -0.374 e. The van der Waals surface area contributed by atoms with Gasteiger partial charge in [0.25, 0.3) is 0 Å². The van der Waals surface area contributed by atoms with Crippen LogP contribution in [0.3, 0.4) is 0 Å². The van der Waals surface area contributed by atoms with Crippen molar-refractivity contribution in [1.82, 2.24) is 0 Å². The first-order valence-electron chi connectivity index (χ1n) is 5.89. The Morgan fingerprint density at radius 1 is 1.50 bits per heavy atom. The van der Waals surface area contributed by atoms with E-state index in [-0.39, 0.29) is 11.9 Å². The molecule has 0 N–H and O–H groups in total. The summed E-state index contributed by atoms with van der Waals surface area (Å²) in [7, 11) is 1.61. The Labute approximate surface area is 96.6 Å². The Morgan fingerprint density at radius 2 is 2.25 bits per heavy atom. The summed E-state index contributed by atoms with van der Waals surface area (Å²) < 4.78 is 5.17. The second kappa shape index (κ2) is 4.79. The fourth-order valence-corrected chi connectivity index (χ4v) is 2.44. The summed E-state index contributed by atoms with van der Waals surface area (Å²) in [4.78, 5) is 11.9. The molecule has 0 spiro atoms. The van der Waals surface area contributed by atoms with Crippen molar-refractivity contribution in [2.45, 2.75) is 38.2 Å². The van der Waals surface area contributed by atoms with Crippen molar-refractivity contribution in [1.29, 1.82) is 0 Å². The highest BCUT2D eigenvalue weighted by Gasteiger charge is 2.29. The Hall–Kier alpha value is -1.15. The van der Waals surface area contributed by atoms with Crippen molar-refractivity contribution in [3.63, 3.8) is 0 Å². The molecule has 1 aliphatic carbocycles. The van der Waals surface area contributed by atoms with Gasteiger partial charge in [0.2, 0.25) is 0 Å². The average Bonchev–Trinajstić information content (AvgIpc) is 2.27. The van der Waals surface area contributed by atoms with Gasteiger partial charge in [0.05, 0.1) is 0 Å². The SMILES string of the molecule is CCC(OC)C(=O)CC1Cc2ccccc21. The first kappa shape index (κ1) is 11.3. The number of hydrogen-bond donors (Lipinski definition) is 0. The molecule has 0 saturated carbocycles. The van der Waals surface area contributed by atoms with Gasteiger partial charge in [0, 0.05) is 13.5 Å². The third-order valence-electron chi connectivity index (χ3n) is 3.42. The maximum absolute atomic E-state index is 11.9. The average molecular weight is 218 g/mol. The quantitative estimate of drug-likeness (QED) is 0.759. The first-order valence-corrected chi connectivity index (χ1v) is 5.89. The lowest BCUT2D eigenvalue weighted by atomic mass is 9.74. The van der Waals surface area contributed by atoms with Crippen molar-refractivity contribution >= 4 is 5.78 Å². The third-order valence-corrected chi connectivity index (χ3v) is 3.42. The number of ether oxygens (including phenoxy) is 1. The molecule has 1 aliphatic rings. The fraction of sp³-hybridized carbons (Fsp3) is 0.500. The number of rotatable bonds is 5. The molecule has 0 fully saturated rings. The maximum Gasteiger partial charge on any atom is 0.162 e. The maximum atomic E-state index is 11.9. The van der Waals surface area contributed by atoms with Crippen molar-refractivity contribution in [2.24, 2.45) is 0 Å². The summed E-state index contributed by atoms with van der Waals surface area (Å²) in [5, 5.41) is 0. The van der Waals surface area contributed by atoms with Gasteiger partial charge in [-0.25, -0.2) is 0 Å². The van der Waals surface area contributed by atoms with E-state index in [1.165, 1.54) is 11.1 Å². The predicted molar refractivity (Wildman–Crippen MR) is 63.6 cm³/mol. The smallest absolute Gasteiger partial charge is 0.162 e. The Morgan fingerprint density at radius 3 is 2.88 bits per heavy atom. The second-order valence-electron chi connectivity index (χ2n) is 4.40. The standard InChI is InChI=1S/C14H18O2/c1-3-14(16-2)13(15)9-11-8-10-6-4-5-7-12(10)11/h4-7,11,14H,3,8-9H2,1-2H3. The number of benzene rings is 1. The first-order chi connectivity index (χ1) is 7.76. The lowest BCUT2D eigenvalue weighted by Crippen LogP contribution is -2.27. The van der Waals surface area contributed by atoms with E-state index >= 15 is 0 Å². The largest absolute Gasteiger partial charge is 0.374 e. The van der Waals surface area contributed by atoms with Gasteiger partial charge in [-0.15, -0.1) is 0 Å². The molecular formula is C14H18O2. The lowest BCUT2D eigenvalue weighted by Gasteiger charge is -2.30. The highest BCUT2D eigenvalue weighted by Crippen LogP contribution is 2.37. The van der Waals surface area contributed by atoms with Crippen LogP contribution in [0, 0.1) is 0 Å². The Bertz CT molecular complexity index is 380. The molecule has 2 unspecified atom stereocenters. The van der Waals surface area contributed by atoms with E-state index in [1.54, 1.807) is 7.11 Å². The molecular weight excluding hydrogens is 200 g/mol. The van der Waals surface area contributed by atoms with Gasteiger partial charge in [-0.05, 0) is 29.9 Å². The van der Waals surface area contributed by atoms with Crippen molar-refractivity contribution < 1.29 is 9.53 Å². The zero-order chi connectivity index (χ0) is 11.5. The van der Waals surface area contributed by atoms with E-state index in [0.29, 0.717) is 12.3 Å². The van der Waals surface area contributed by atoms with Gasteiger partial charge < -0.3 is 4.74 Å². The number of fused-ring (bicyclic) bond motifs is 1. The van der Waals surface area contributed by atoms with Gasteiger partial charge in [-0.1, -0.05) is 31.2 Å². The summed E-state index contributed by atoms with van der Waals surface area (Å²) in [6.07, 6.45) is 2.22. The molecule has 0 saturated heterocycles. The van der Waals surface area contributed by atoms with Crippen LogP contribution < -0.4 is 0 Å². The molecule has 2 rings (SSSR count). The summed E-state index contributed by atoms with van der Waals surface area (Å²) in [6, 6.07) is 8.37. The zero-order valence-electron chi connectivity index (χ0n) is 9.90. The molecule has 0 aliphatic heterocycles. The monoisotopic (exact) mass is 218 g/mol. The molecule has 16 heavy (non-hydrogen) atoms. The van der Waals surface area contributed by atoms with E-state index in [0.717, 1.165) is 12.8 Å². The molecule has 0 bridgehead atoms. The zero-order valence-corrected chi connectivity index (χ0v) is 9.90. The number of Topliss-reactive ketones (excluding diaryl/α,β-unsaturated/α-hetero) is 1. The third kappa shape index (κ3) is 2.03. The molecule has 2 heteroatoms. The highest BCUT2D eigenvalue weighted by atomic mass is 16.5. The van der Waals surface area contributed by atoms with Crippen LogP contribution in [0.2, 0.25) is 0 Å². The minimum absolute atomic E-state index is 0.215. The summed E-state index contributed by atoms with van der Waals surface area (Å²) in [5.41, 5.74) is 2.74. The van der Waals surface area contributed by atoms with Crippen LogP contribution in [-0.4, -0.2) is 19.0 Å². The van der Waals surface area contributed by atoms with E-state index in [4.69, 9.17) is 4.74 Å². The van der Waals surface area contributed by atoms with E-state index < -0.39 is 0 Å². The molecule has 0 radical (unpaired) electrons. The fourth-order valence-electron chi connectivity index (χ4n) is 2.44. The van der Waals surface area contributed by atoms with Gasteiger partial charge in [0.1, 0.15) is 6.10 Å². The molecule has 1 aromatic rings. The van der Waals surface area contributed by atoms with Gasteiger partial charge in [-0.2, -0.15) is 0 Å². The summed E-state index contributed by atoms with van der Waals surface area (Å²) in [5.74, 6) is 0.664. The van der Waals surface area contributed by atoms with Crippen LogP contribution in [0.5, 0.6) is 0 Å². The number of ketones is 1. The van der Waals surface area contributed by atoms with E-state index in [1.807, 2.05) is 13.0 Å². The number of carbonyl (C=O) groups excluding carboxylic acids is 1. The van der Waals surface area contributed by atoms with Gasteiger partial charge >= 0.3 is 0 Å². The normalized spacial score (nSPS) is 19.8. The van der Waals surface area contributed by atoms with Crippen LogP contribution in [0.1, 0.15) is 36.8 Å². The number of hydrogen-bond acceptors (Lipinski definition) is 2. The van der Waals surface area contributed by atoms with Gasteiger partial charge in [-0.3, -0.25) is 4.79 Å².